The number of hydrogen-bond donors (Lipinski definition) is 0. The van der Waals surface area contributed by atoms with Crippen molar-refractivity contribution in [3.63, 3.8) is 0 Å². The Morgan fingerprint density at radius 1 is 0.607 bits per heavy atom. The Kier molecular flexibility index (Phi) is 7.25. The minimum absolute atomic E-state index is 1.08. The molecule has 0 spiro atoms. The van der Waals surface area contributed by atoms with Gasteiger partial charge in [-0.2, -0.15) is 0 Å². The Morgan fingerprint density at radius 3 is 1.93 bits per heavy atom. The van der Waals surface area contributed by atoms with E-state index in [9.17, 15) is 0 Å². The number of rotatable bonds is 9. The zero-order valence-electron chi connectivity index (χ0n) is 18.1. The summed E-state index contributed by atoms with van der Waals surface area (Å²) in [6.07, 6.45) is 9.21. The van der Waals surface area contributed by atoms with E-state index < -0.39 is 0 Å². The van der Waals surface area contributed by atoms with Crippen LogP contribution in [0.4, 0.5) is 0 Å². The molecule has 0 fully saturated rings. The Balaban J connectivity index is 2.35. The van der Waals surface area contributed by atoms with Gasteiger partial charge in [0, 0.05) is 11.3 Å². The molecule has 0 aliphatic rings. The van der Waals surface area contributed by atoms with Crippen molar-refractivity contribution in [2.24, 2.45) is 0 Å². The fourth-order valence-electron chi connectivity index (χ4n) is 4.48. The first-order chi connectivity index (χ1) is 13.7. The molecule has 28 heavy (non-hydrogen) atoms. The monoisotopic (exact) mass is 373 g/mol. The average Bonchev–Trinajstić information content (AvgIpc) is 2.72. The van der Waals surface area contributed by atoms with Gasteiger partial charge in [-0.05, 0) is 53.1 Å². The summed E-state index contributed by atoms with van der Waals surface area (Å²) in [5, 5.41) is 2.62. The lowest BCUT2D eigenvalue weighted by Crippen LogP contribution is -2.11. The number of aromatic nitrogens is 1. The normalized spacial score (nSPS) is 11.3. The molecule has 0 N–H and O–H groups in total. The Bertz CT molecular complexity index is 918. The van der Waals surface area contributed by atoms with Gasteiger partial charge in [0.1, 0.15) is 0 Å². The third kappa shape index (κ3) is 4.14. The average molecular weight is 374 g/mol. The van der Waals surface area contributed by atoms with Gasteiger partial charge in [-0.3, -0.25) is 4.98 Å². The summed E-state index contributed by atoms with van der Waals surface area (Å²) in [5.74, 6) is 0. The second-order valence-corrected chi connectivity index (χ2v) is 7.87. The van der Waals surface area contributed by atoms with Gasteiger partial charge in [-0.15, -0.1) is 0 Å². The molecule has 0 unspecified atom stereocenters. The highest BCUT2D eigenvalue weighted by Gasteiger charge is 2.20. The van der Waals surface area contributed by atoms with Gasteiger partial charge in [0.05, 0.1) is 5.69 Å². The molecule has 2 aromatic carbocycles. The highest BCUT2D eigenvalue weighted by molar-refractivity contribution is 5.96. The van der Waals surface area contributed by atoms with E-state index in [1.54, 1.807) is 11.1 Å². The van der Waals surface area contributed by atoms with Crippen LogP contribution >= 0.6 is 0 Å². The van der Waals surface area contributed by atoms with E-state index in [-0.39, 0.29) is 0 Å². The van der Waals surface area contributed by atoms with Crippen LogP contribution in [0.3, 0.4) is 0 Å². The van der Waals surface area contributed by atoms with Crippen LogP contribution in [0.1, 0.15) is 75.8 Å². The first kappa shape index (κ1) is 20.6. The van der Waals surface area contributed by atoms with Crippen LogP contribution in [0.15, 0.2) is 42.5 Å². The van der Waals surface area contributed by atoms with Gasteiger partial charge < -0.3 is 0 Å². The highest BCUT2D eigenvalue weighted by atomic mass is 14.7. The van der Waals surface area contributed by atoms with Gasteiger partial charge >= 0.3 is 0 Å². The summed E-state index contributed by atoms with van der Waals surface area (Å²) in [6.45, 7) is 9.17. The zero-order chi connectivity index (χ0) is 19.9. The highest BCUT2D eigenvalue weighted by Crippen LogP contribution is 2.35. The number of benzene rings is 2. The number of fused-ring (bicyclic) bond motifs is 1. The topological polar surface area (TPSA) is 12.9 Å². The molecule has 0 saturated heterocycles. The lowest BCUT2D eigenvalue weighted by atomic mass is 9.86. The molecule has 1 aromatic heterocycles. The van der Waals surface area contributed by atoms with Gasteiger partial charge in [-0.1, -0.05) is 95.8 Å². The van der Waals surface area contributed by atoms with Gasteiger partial charge in [0.15, 0.2) is 0 Å². The molecule has 0 aliphatic carbocycles. The van der Waals surface area contributed by atoms with E-state index in [0.29, 0.717) is 0 Å². The van der Waals surface area contributed by atoms with E-state index in [4.69, 9.17) is 4.98 Å². The van der Waals surface area contributed by atoms with Crippen LogP contribution in [0, 0.1) is 0 Å². The summed E-state index contributed by atoms with van der Waals surface area (Å²) < 4.78 is 0. The molecule has 1 nitrogen and oxygen atoms in total. The van der Waals surface area contributed by atoms with Crippen LogP contribution in [0.5, 0.6) is 0 Å². The first-order valence-electron chi connectivity index (χ1n) is 11.3. The third-order valence-electron chi connectivity index (χ3n) is 5.64. The van der Waals surface area contributed by atoms with E-state index in [0.717, 1.165) is 32.1 Å². The number of aryl methyl sites for hydroxylation is 1. The van der Waals surface area contributed by atoms with Crippen LogP contribution in [-0.2, 0) is 25.7 Å². The predicted octanol–water partition coefficient (Wildman–Crippen LogP) is 7.71. The standard InChI is InChI=1S/C27H35N/c1-5-12-22-23(13-6-2)26(15-8-4)28-27(24(22)14-7-3)25-19-11-17-20-16-9-10-18-21(20)25/h9-11,16-19H,5-8,12-15H2,1-4H3. The molecule has 0 saturated carbocycles. The molecule has 3 rings (SSSR count). The van der Waals surface area contributed by atoms with Crippen molar-refractivity contribution in [3.05, 3.63) is 64.8 Å². The Labute approximate surface area is 171 Å². The summed E-state index contributed by atoms with van der Waals surface area (Å²) >= 11 is 0. The second-order valence-electron chi connectivity index (χ2n) is 7.87. The lowest BCUT2D eigenvalue weighted by molar-refractivity contribution is 0.778. The fourth-order valence-corrected chi connectivity index (χ4v) is 4.48. The van der Waals surface area contributed by atoms with Crippen molar-refractivity contribution in [1.82, 2.24) is 4.98 Å². The molecule has 1 heterocycles. The van der Waals surface area contributed by atoms with Crippen LogP contribution in [0.2, 0.25) is 0 Å². The molecule has 0 radical (unpaired) electrons. The molecule has 3 aromatic rings. The molecule has 1 heteroatoms. The van der Waals surface area contributed by atoms with E-state index >= 15 is 0 Å². The fraction of sp³-hybridized carbons (Fsp3) is 0.444. The smallest absolute Gasteiger partial charge is 0.0746 e. The van der Waals surface area contributed by atoms with Gasteiger partial charge in [0.2, 0.25) is 0 Å². The van der Waals surface area contributed by atoms with Crippen molar-refractivity contribution in [2.75, 3.05) is 0 Å². The lowest BCUT2D eigenvalue weighted by Gasteiger charge is -2.22. The molecule has 0 atom stereocenters. The van der Waals surface area contributed by atoms with Crippen LogP contribution in [-0.4, -0.2) is 4.98 Å². The van der Waals surface area contributed by atoms with Gasteiger partial charge in [-0.25, -0.2) is 0 Å². The van der Waals surface area contributed by atoms with E-state index in [2.05, 4.69) is 70.2 Å². The van der Waals surface area contributed by atoms with Crippen LogP contribution < -0.4 is 0 Å². The molecule has 0 amide bonds. The largest absolute Gasteiger partial charge is 0.252 e. The minimum atomic E-state index is 1.08. The number of nitrogens with zero attached hydrogens (tertiary/aromatic N) is 1. The van der Waals surface area contributed by atoms with Crippen LogP contribution in [0.25, 0.3) is 22.0 Å². The first-order valence-corrected chi connectivity index (χ1v) is 11.3. The maximum Gasteiger partial charge on any atom is 0.0746 e. The Hall–Kier alpha value is -2.15. The maximum absolute atomic E-state index is 5.36. The minimum Gasteiger partial charge on any atom is -0.252 e. The van der Waals surface area contributed by atoms with Crippen molar-refractivity contribution >= 4 is 10.8 Å². The molecule has 148 valence electrons. The molecular formula is C27H35N. The van der Waals surface area contributed by atoms with Crippen molar-refractivity contribution in [3.8, 4) is 11.3 Å². The Morgan fingerprint density at radius 2 is 1.21 bits per heavy atom. The SMILES string of the molecule is CCCc1nc(-c2cccc3ccccc23)c(CCC)c(CCC)c1CCC. The summed E-state index contributed by atoms with van der Waals surface area (Å²) in [4.78, 5) is 5.36. The maximum atomic E-state index is 5.36. The summed E-state index contributed by atoms with van der Waals surface area (Å²) in [5.41, 5.74) is 8.55. The summed E-state index contributed by atoms with van der Waals surface area (Å²) in [7, 11) is 0. The summed E-state index contributed by atoms with van der Waals surface area (Å²) in [6, 6.07) is 15.4. The second kappa shape index (κ2) is 9.87. The van der Waals surface area contributed by atoms with Crippen molar-refractivity contribution in [1.29, 1.82) is 0 Å². The van der Waals surface area contributed by atoms with Crippen molar-refractivity contribution < 1.29 is 0 Å². The zero-order valence-corrected chi connectivity index (χ0v) is 18.1. The number of hydrogen-bond acceptors (Lipinski definition) is 1. The molecular weight excluding hydrogens is 338 g/mol. The number of pyridine rings is 1. The van der Waals surface area contributed by atoms with E-state index in [1.165, 1.54) is 52.5 Å². The van der Waals surface area contributed by atoms with Gasteiger partial charge in [0.25, 0.3) is 0 Å². The van der Waals surface area contributed by atoms with Crippen molar-refractivity contribution in [2.45, 2.75) is 79.1 Å². The predicted molar refractivity (Wildman–Crippen MR) is 123 cm³/mol. The molecule has 0 bridgehead atoms. The molecule has 0 aliphatic heterocycles. The van der Waals surface area contributed by atoms with E-state index in [1.807, 2.05) is 0 Å². The quantitative estimate of drug-likeness (QED) is 0.374. The third-order valence-corrected chi connectivity index (χ3v) is 5.64.